The molecule has 7 aromatic carbocycles. The highest BCUT2D eigenvalue weighted by Gasteiger charge is 2.59. The van der Waals surface area contributed by atoms with Gasteiger partial charge in [-0.2, -0.15) is 0 Å². The van der Waals surface area contributed by atoms with Crippen LogP contribution in [0.5, 0.6) is 0 Å². The number of hydrogen-bond donors (Lipinski definition) is 7. The summed E-state index contributed by atoms with van der Waals surface area (Å²) in [5.41, 5.74) is 14.4. The van der Waals surface area contributed by atoms with Crippen molar-refractivity contribution in [1.82, 2.24) is 5.32 Å². The average molecular weight is 1110 g/mol. The molecule has 0 saturated heterocycles. The third-order valence-electron chi connectivity index (χ3n) is 15.9. The molecule has 8 N–H and O–H groups in total. The number of ether oxygens (including phenoxy) is 4. The van der Waals surface area contributed by atoms with Gasteiger partial charge in [-0.1, -0.05) is 173 Å². The number of ketones is 1. The number of aliphatic hydroxyl groups excluding tert-OH is 3. The zero-order chi connectivity index (χ0) is 58.3. The third-order valence-corrected chi connectivity index (χ3v) is 15.9. The SMILES string of the molecule is CC[C@H]1OC2(O[C@H](CC)c3cccc(C(=O)O)c32)c2c(C(=O)O)cccc21.CC[C@H]1O[C@@]2(O[C@H](CC)c3cccc(C(=O)N[C@@H](CO)c4ccccc4)c32)c2c(C(=O)C[C@@H](CO)c3ccccc3)cccc21.N[C@@H](CO)c1ccccc1. The van der Waals surface area contributed by atoms with Crippen LogP contribution in [-0.4, -0.2) is 69.0 Å². The molecular formula is C67H70N2O13. The molecule has 0 unspecified atom stereocenters. The van der Waals surface area contributed by atoms with Gasteiger partial charge in [0.25, 0.3) is 5.91 Å². The number of Topliss-reactive ketones (excluding diaryl/α,β-unsaturated/α-hetero) is 1. The Balaban J connectivity index is 0.000000183. The lowest BCUT2D eigenvalue weighted by molar-refractivity contribution is -0.236. The monoisotopic (exact) mass is 1110 g/mol. The summed E-state index contributed by atoms with van der Waals surface area (Å²) in [6.45, 7) is 7.49. The van der Waals surface area contributed by atoms with E-state index in [1.54, 1.807) is 24.3 Å². The average Bonchev–Trinajstić information content (AvgIpc) is 4.24. The van der Waals surface area contributed by atoms with Gasteiger partial charge in [-0.15, -0.1) is 0 Å². The smallest absolute Gasteiger partial charge is 0.336 e. The predicted octanol–water partition coefficient (Wildman–Crippen LogP) is 11.6. The molecule has 2 spiro atoms. The van der Waals surface area contributed by atoms with Crippen LogP contribution < -0.4 is 11.1 Å². The molecule has 0 bridgehead atoms. The van der Waals surface area contributed by atoms with Crippen LogP contribution in [0.15, 0.2) is 164 Å². The minimum atomic E-state index is -1.52. The molecule has 4 aliphatic rings. The Hall–Kier alpha value is -7.70. The van der Waals surface area contributed by atoms with Crippen molar-refractivity contribution in [2.45, 2.75) is 114 Å². The predicted molar refractivity (Wildman–Crippen MR) is 307 cm³/mol. The molecule has 0 aliphatic carbocycles. The maximum absolute atomic E-state index is 14.2. The van der Waals surface area contributed by atoms with E-state index in [4.69, 9.17) is 29.8 Å². The van der Waals surface area contributed by atoms with E-state index in [1.165, 1.54) is 12.1 Å². The summed E-state index contributed by atoms with van der Waals surface area (Å²) >= 11 is 0. The number of aromatic carboxylic acids is 2. The second-order valence-electron chi connectivity index (χ2n) is 20.7. The number of carbonyl (C=O) groups excluding carboxylic acids is 2. The second kappa shape index (κ2) is 25.6. The van der Waals surface area contributed by atoms with Crippen molar-refractivity contribution in [3.63, 3.8) is 0 Å². The largest absolute Gasteiger partial charge is 0.478 e. The van der Waals surface area contributed by atoms with Crippen molar-refractivity contribution in [2.75, 3.05) is 19.8 Å². The van der Waals surface area contributed by atoms with Crippen molar-refractivity contribution in [3.8, 4) is 0 Å². The van der Waals surface area contributed by atoms with Crippen LogP contribution in [0.2, 0.25) is 0 Å². The Morgan fingerprint density at radius 1 is 0.451 bits per heavy atom. The summed E-state index contributed by atoms with van der Waals surface area (Å²) in [6, 6.07) is 48.8. The highest BCUT2D eigenvalue weighted by molar-refractivity contribution is 6.00. The number of hydrogen-bond acceptors (Lipinski definition) is 12. The molecule has 4 heterocycles. The fraction of sp³-hybridized carbons (Fsp3) is 0.313. The van der Waals surface area contributed by atoms with E-state index in [2.05, 4.69) is 5.32 Å². The number of carboxylic acid groups (broad SMARTS) is 2. The molecular weight excluding hydrogens is 1040 g/mol. The van der Waals surface area contributed by atoms with Crippen molar-refractivity contribution in [3.05, 3.63) is 247 Å². The standard InChI is InChI=1S/C38H39NO6.C21H20O6.C8H11NO/c1-3-33-28-18-11-17-27(32(42)21-26(22-40)24-13-7-5-8-14-24)35(28)38(44-33)36-29(34(4-2)45-38)19-12-20-30(36)37(43)39-31(23-41)25-15-9-6-10-16-25;1-3-15-11-7-5-9-13(19(22)23)17(11)21(26-15)18-12(16(4-2)27-21)8-6-10-14(18)20(24)25;9-8(6-10)7-4-2-1-3-5-7/h5-20,26,31,33-34,40-41H,3-4,21-23H2,1-2H3,(H,39,43);5-10,15-16H,3-4H2,1-2H3,(H,22,23)(H,24,25);1-5,8,10H,6,9H2/t26-,31-,33+,34+,38+;15-,16-,21?;8-/m010/s1. The molecule has 1 amide bonds. The number of nitrogens with two attached hydrogens (primary N) is 1. The first-order valence-electron chi connectivity index (χ1n) is 28.0. The molecule has 4 aliphatic heterocycles. The molecule has 0 radical (unpaired) electrons. The summed E-state index contributed by atoms with van der Waals surface area (Å²) in [4.78, 5) is 52.2. The lowest BCUT2D eigenvalue weighted by atomic mass is 9.83. The molecule has 82 heavy (non-hydrogen) atoms. The van der Waals surface area contributed by atoms with Crippen molar-refractivity contribution < 1.29 is 63.7 Å². The van der Waals surface area contributed by atoms with Gasteiger partial charge >= 0.3 is 11.9 Å². The molecule has 0 aromatic heterocycles. The second-order valence-corrected chi connectivity index (χ2v) is 20.7. The van der Waals surface area contributed by atoms with Crippen LogP contribution in [0.4, 0.5) is 0 Å². The Morgan fingerprint density at radius 3 is 1.17 bits per heavy atom. The van der Waals surface area contributed by atoms with E-state index >= 15 is 0 Å². The molecule has 11 rings (SSSR count). The number of benzene rings is 7. The molecule has 8 atom stereocenters. The lowest BCUT2D eigenvalue weighted by Gasteiger charge is -2.30. The number of rotatable bonds is 17. The highest BCUT2D eigenvalue weighted by atomic mass is 16.7. The first kappa shape index (κ1) is 58.9. The molecule has 15 nitrogen and oxygen atoms in total. The Kier molecular flexibility index (Phi) is 18.4. The van der Waals surface area contributed by atoms with E-state index in [1.807, 2.05) is 155 Å². The number of fused-ring (bicyclic) bond motifs is 8. The summed E-state index contributed by atoms with van der Waals surface area (Å²) in [6.07, 6.45) is 1.14. The van der Waals surface area contributed by atoms with Crippen molar-refractivity contribution >= 4 is 23.6 Å². The van der Waals surface area contributed by atoms with Gasteiger partial charge in [-0.25, -0.2) is 9.59 Å². The van der Waals surface area contributed by atoms with Gasteiger partial charge in [-0.05, 0) is 82.8 Å². The van der Waals surface area contributed by atoms with Crippen LogP contribution in [-0.2, 0) is 30.5 Å². The quantitative estimate of drug-likeness (QED) is 0.0420. The topological polar surface area (TPSA) is 244 Å². The number of nitrogens with one attached hydrogen (secondary N) is 1. The maximum atomic E-state index is 14.2. The van der Waals surface area contributed by atoms with E-state index in [0.717, 1.165) is 38.9 Å². The van der Waals surface area contributed by atoms with Crippen molar-refractivity contribution in [2.24, 2.45) is 5.73 Å². The molecule has 0 fully saturated rings. The van der Waals surface area contributed by atoms with Crippen LogP contribution in [0.3, 0.4) is 0 Å². The Morgan fingerprint density at radius 2 is 0.805 bits per heavy atom. The first-order chi connectivity index (χ1) is 39.7. The van der Waals surface area contributed by atoms with Gasteiger partial charge in [0.1, 0.15) is 0 Å². The summed E-state index contributed by atoms with van der Waals surface area (Å²) in [7, 11) is 0. The van der Waals surface area contributed by atoms with Gasteiger partial charge in [0.05, 0.1) is 67.4 Å². The number of carbonyl (C=O) groups is 4. The molecule has 15 heteroatoms. The Labute approximate surface area is 477 Å². The zero-order valence-electron chi connectivity index (χ0n) is 46.4. The van der Waals surface area contributed by atoms with Gasteiger partial charge in [-0.3, -0.25) is 9.59 Å². The van der Waals surface area contributed by atoms with Crippen LogP contribution >= 0.6 is 0 Å². The van der Waals surface area contributed by atoms with E-state index in [0.29, 0.717) is 59.1 Å². The normalized spacial score (nSPS) is 20.4. The lowest BCUT2D eigenvalue weighted by Crippen LogP contribution is -2.35. The summed E-state index contributed by atoms with van der Waals surface area (Å²) in [5.74, 6) is -6.05. The van der Waals surface area contributed by atoms with E-state index in [-0.39, 0.29) is 85.4 Å². The fourth-order valence-corrected chi connectivity index (χ4v) is 12.0. The first-order valence-corrected chi connectivity index (χ1v) is 28.0. The van der Waals surface area contributed by atoms with E-state index < -0.39 is 29.6 Å². The van der Waals surface area contributed by atoms with Crippen LogP contribution in [0.1, 0.15) is 205 Å². The fourth-order valence-electron chi connectivity index (χ4n) is 12.0. The molecule has 426 valence electrons. The number of amides is 1. The van der Waals surface area contributed by atoms with Gasteiger partial charge in [0.15, 0.2) is 5.78 Å². The van der Waals surface area contributed by atoms with Crippen molar-refractivity contribution in [1.29, 1.82) is 0 Å². The minimum absolute atomic E-state index is 0.00398. The van der Waals surface area contributed by atoms with Crippen LogP contribution in [0.25, 0.3) is 0 Å². The van der Waals surface area contributed by atoms with Gasteiger partial charge in [0.2, 0.25) is 11.6 Å². The zero-order valence-corrected chi connectivity index (χ0v) is 46.4. The Bertz CT molecular complexity index is 3210. The maximum Gasteiger partial charge on any atom is 0.336 e. The highest BCUT2D eigenvalue weighted by Crippen LogP contribution is 2.61. The third kappa shape index (κ3) is 11.1. The number of carboxylic acids is 2. The van der Waals surface area contributed by atoms with Crippen LogP contribution in [0, 0.1) is 0 Å². The summed E-state index contributed by atoms with van der Waals surface area (Å²) in [5, 5.41) is 51.7. The molecule has 0 saturated carbocycles. The summed E-state index contributed by atoms with van der Waals surface area (Å²) < 4.78 is 26.3. The van der Waals surface area contributed by atoms with E-state index in [9.17, 15) is 39.6 Å². The van der Waals surface area contributed by atoms with Gasteiger partial charge in [0, 0.05) is 45.7 Å². The molecule has 7 aromatic rings. The number of aliphatic hydroxyl groups is 3. The minimum Gasteiger partial charge on any atom is -0.478 e. The van der Waals surface area contributed by atoms with Gasteiger partial charge < -0.3 is 55.5 Å².